The molecule has 3 unspecified atom stereocenters. The van der Waals surface area contributed by atoms with Crippen LogP contribution in [0.15, 0.2) is 30.5 Å². The van der Waals surface area contributed by atoms with E-state index in [1.165, 1.54) is 0 Å². The monoisotopic (exact) mass is 417 g/mol. The average molecular weight is 417 g/mol. The molecule has 10 heteroatoms. The quantitative estimate of drug-likeness (QED) is 0.306. The molecular formula is C20H27N5O5. The molecule has 0 fully saturated rings. The molecule has 1 aromatic heterocycles. The number of rotatable bonds is 10. The topological polar surface area (TPSA) is 180 Å². The number of primary amides is 1. The van der Waals surface area contributed by atoms with Gasteiger partial charge in [-0.05, 0) is 24.0 Å². The van der Waals surface area contributed by atoms with Crippen LogP contribution in [0.1, 0.15) is 25.8 Å². The van der Waals surface area contributed by atoms with Crippen molar-refractivity contribution in [2.24, 2.45) is 17.4 Å². The van der Waals surface area contributed by atoms with Crippen LogP contribution in [0, 0.1) is 5.92 Å². The number of nitrogens with one attached hydrogen (secondary N) is 3. The van der Waals surface area contributed by atoms with Gasteiger partial charge >= 0.3 is 5.97 Å². The van der Waals surface area contributed by atoms with E-state index in [1.807, 2.05) is 24.3 Å². The van der Waals surface area contributed by atoms with Gasteiger partial charge in [0.25, 0.3) is 0 Å². The number of amides is 3. The maximum Gasteiger partial charge on any atom is 0.326 e. The van der Waals surface area contributed by atoms with Gasteiger partial charge in [-0.2, -0.15) is 0 Å². The minimum absolute atomic E-state index is 0.199. The molecule has 3 atom stereocenters. The Morgan fingerprint density at radius 2 is 1.77 bits per heavy atom. The summed E-state index contributed by atoms with van der Waals surface area (Å²) in [5, 5.41) is 14.9. The number of carboxylic acids is 1. The summed E-state index contributed by atoms with van der Waals surface area (Å²) in [6.45, 7) is 3.25. The Morgan fingerprint density at radius 1 is 1.10 bits per heavy atom. The van der Waals surface area contributed by atoms with Crippen LogP contribution in [0.2, 0.25) is 0 Å². The lowest BCUT2D eigenvalue weighted by Crippen LogP contribution is -2.56. The lowest BCUT2D eigenvalue weighted by Gasteiger charge is -2.23. The number of nitrogens with two attached hydrogens (primary N) is 2. The van der Waals surface area contributed by atoms with Crippen LogP contribution in [0.4, 0.5) is 0 Å². The molecule has 0 saturated carbocycles. The summed E-state index contributed by atoms with van der Waals surface area (Å²) in [5.74, 6) is -3.92. The van der Waals surface area contributed by atoms with Crippen LogP contribution in [0.3, 0.4) is 0 Å². The number of hydrogen-bond donors (Lipinski definition) is 6. The highest BCUT2D eigenvalue weighted by atomic mass is 16.4. The third-order valence-electron chi connectivity index (χ3n) is 4.72. The predicted octanol–water partition coefficient (Wildman–Crippen LogP) is -0.377. The second-order valence-electron chi connectivity index (χ2n) is 7.47. The third-order valence-corrected chi connectivity index (χ3v) is 4.72. The fourth-order valence-corrected chi connectivity index (χ4v) is 3.09. The standard InChI is InChI=1S/C20H27N5O5/c1-10(2)17(20(29)30)25-19(28)15(8-16(22)26)24-18(27)13(21)7-11-9-23-14-6-4-3-5-12(11)14/h3-6,9-10,13,15,17,23H,7-8,21H2,1-2H3,(H2,22,26)(H,24,27)(H,25,28)(H,29,30). The largest absolute Gasteiger partial charge is 0.480 e. The fraction of sp³-hybridized carbons (Fsp3) is 0.400. The number of aliphatic carboxylic acids is 1. The van der Waals surface area contributed by atoms with Crippen molar-refractivity contribution in [3.05, 3.63) is 36.0 Å². The minimum Gasteiger partial charge on any atom is -0.480 e. The molecule has 0 saturated heterocycles. The normalized spacial score (nSPS) is 14.1. The molecule has 0 aliphatic carbocycles. The maximum atomic E-state index is 12.6. The predicted molar refractivity (Wildman–Crippen MR) is 110 cm³/mol. The Morgan fingerprint density at radius 3 is 2.37 bits per heavy atom. The zero-order valence-electron chi connectivity index (χ0n) is 16.8. The lowest BCUT2D eigenvalue weighted by atomic mass is 10.0. The summed E-state index contributed by atoms with van der Waals surface area (Å²) in [5.41, 5.74) is 12.9. The van der Waals surface area contributed by atoms with E-state index in [0.29, 0.717) is 0 Å². The van der Waals surface area contributed by atoms with Crippen molar-refractivity contribution in [3.63, 3.8) is 0 Å². The Hall–Kier alpha value is -3.40. The first kappa shape index (κ1) is 22.9. The summed E-state index contributed by atoms with van der Waals surface area (Å²) in [7, 11) is 0. The molecule has 3 amide bonds. The van der Waals surface area contributed by atoms with Gasteiger partial charge in [-0.1, -0.05) is 32.0 Å². The van der Waals surface area contributed by atoms with E-state index in [2.05, 4.69) is 15.6 Å². The molecule has 0 radical (unpaired) electrons. The summed E-state index contributed by atoms with van der Waals surface area (Å²) >= 11 is 0. The highest BCUT2D eigenvalue weighted by molar-refractivity contribution is 5.95. The van der Waals surface area contributed by atoms with Crippen molar-refractivity contribution in [3.8, 4) is 0 Å². The average Bonchev–Trinajstić information content (AvgIpc) is 3.07. The van der Waals surface area contributed by atoms with E-state index < -0.39 is 54.2 Å². The summed E-state index contributed by atoms with van der Waals surface area (Å²) < 4.78 is 0. The van der Waals surface area contributed by atoms with Gasteiger partial charge in [-0.15, -0.1) is 0 Å². The molecule has 1 aromatic carbocycles. The number of aromatic amines is 1. The number of fused-ring (bicyclic) bond motifs is 1. The van der Waals surface area contributed by atoms with Gasteiger partial charge < -0.3 is 32.2 Å². The third kappa shape index (κ3) is 5.80. The van der Waals surface area contributed by atoms with Crippen LogP contribution >= 0.6 is 0 Å². The van der Waals surface area contributed by atoms with Crippen molar-refractivity contribution in [2.45, 2.75) is 44.8 Å². The molecule has 162 valence electrons. The van der Waals surface area contributed by atoms with E-state index >= 15 is 0 Å². The van der Waals surface area contributed by atoms with E-state index in [0.717, 1.165) is 16.5 Å². The Labute approximate surface area is 173 Å². The van der Waals surface area contributed by atoms with Crippen molar-refractivity contribution in [2.75, 3.05) is 0 Å². The van der Waals surface area contributed by atoms with Gasteiger partial charge in [0.15, 0.2) is 0 Å². The SMILES string of the molecule is CC(C)C(NC(=O)C(CC(N)=O)NC(=O)C(N)Cc1c[nH]c2ccccc12)C(=O)O. The van der Waals surface area contributed by atoms with Crippen LogP contribution in [-0.4, -0.2) is 51.9 Å². The van der Waals surface area contributed by atoms with Gasteiger partial charge in [-0.3, -0.25) is 14.4 Å². The zero-order valence-corrected chi connectivity index (χ0v) is 16.8. The van der Waals surface area contributed by atoms with E-state index in [1.54, 1.807) is 20.0 Å². The van der Waals surface area contributed by atoms with Gasteiger partial charge in [0.2, 0.25) is 17.7 Å². The summed E-state index contributed by atoms with van der Waals surface area (Å²) in [6, 6.07) is 4.04. The number of benzene rings is 1. The van der Waals surface area contributed by atoms with E-state index in [9.17, 15) is 24.3 Å². The first-order valence-electron chi connectivity index (χ1n) is 9.52. The summed E-state index contributed by atoms with van der Waals surface area (Å²) in [6.07, 6.45) is 1.47. The maximum absolute atomic E-state index is 12.6. The van der Waals surface area contributed by atoms with Gasteiger partial charge in [0.1, 0.15) is 12.1 Å². The number of H-pyrrole nitrogens is 1. The van der Waals surface area contributed by atoms with E-state index in [-0.39, 0.29) is 6.42 Å². The van der Waals surface area contributed by atoms with Crippen LogP contribution in [-0.2, 0) is 25.6 Å². The van der Waals surface area contributed by atoms with Crippen LogP contribution < -0.4 is 22.1 Å². The second-order valence-corrected chi connectivity index (χ2v) is 7.47. The molecule has 10 nitrogen and oxygen atoms in total. The second kappa shape index (κ2) is 9.88. The Kier molecular flexibility index (Phi) is 7.54. The van der Waals surface area contributed by atoms with Crippen molar-refractivity contribution in [1.82, 2.24) is 15.6 Å². The lowest BCUT2D eigenvalue weighted by molar-refractivity contribution is -0.143. The number of hydrogen-bond acceptors (Lipinski definition) is 5. The Balaban J connectivity index is 2.08. The fourth-order valence-electron chi connectivity index (χ4n) is 3.09. The molecule has 1 heterocycles. The zero-order chi connectivity index (χ0) is 22.4. The number of para-hydroxylation sites is 1. The molecular weight excluding hydrogens is 390 g/mol. The first-order valence-corrected chi connectivity index (χ1v) is 9.52. The van der Waals surface area contributed by atoms with Crippen molar-refractivity contribution in [1.29, 1.82) is 0 Å². The van der Waals surface area contributed by atoms with Crippen molar-refractivity contribution < 1.29 is 24.3 Å². The van der Waals surface area contributed by atoms with Crippen LogP contribution in [0.25, 0.3) is 10.9 Å². The molecule has 30 heavy (non-hydrogen) atoms. The van der Waals surface area contributed by atoms with Crippen molar-refractivity contribution >= 4 is 34.6 Å². The van der Waals surface area contributed by atoms with Crippen LogP contribution in [0.5, 0.6) is 0 Å². The molecule has 2 rings (SSSR count). The number of aromatic nitrogens is 1. The molecule has 0 spiro atoms. The highest BCUT2D eigenvalue weighted by Crippen LogP contribution is 2.18. The first-order chi connectivity index (χ1) is 14.1. The van der Waals surface area contributed by atoms with E-state index in [4.69, 9.17) is 11.5 Å². The molecule has 0 aliphatic rings. The number of carbonyl (C=O) groups is 4. The highest BCUT2D eigenvalue weighted by Gasteiger charge is 2.30. The van der Waals surface area contributed by atoms with Gasteiger partial charge in [0.05, 0.1) is 12.5 Å². The molecule has 2 aromatic rings. The molecule has 0 aliphatic heterocycles. The molecule has 0 bridgehead atoms. The minimum atomic E-state index is -1.33. The Bertz CT molecular complexity index is 939. The smallest absolute Gasteiger partial charge is 0.326 e. The summed E-state index contributed by atoms with van der Waals surface area (Å²) in [4.78, 5) is 50.8. The number of carbonyl (C=O) groups excluding carboxylic acids is 3. The number of carboxylic acid groups (broad SMARTS) is 1. The van der Waals surface area contributed by atoms with Gasteiger partial charge in [-0.25, -0.2) is 4.79 Å². The van der Waals surface area contributed by atoms with Gasteiger partial charge in [0, 0.05) is 17.1 Å². The molecule has 8 N–H and O–H groups in total.